The van der Waals surface area contributed by atoms with Crippen molar-refractivity contribution in [2.45, 2.75) is 0 Å². The van der Waals surface area contributed by atoms with Gasteiger partial charge in [0.05, 0.1) is 5.69 Å². The predicted octanol–water partition coefficient (Wildman–Crippen LogP) is 2.52. The van der Waals surface area contributed by atoms with Crippen molar-refractivity contribution < 1.29 is 0 Å². The SMILES string of the molecule is CN(C)c1ccc(N)cc1Br.Cl. The Morgan fingerprint density at radius 1 is 1.33 bits per heavy atom. The zero-order chi connectivity index (χ0) is 8.43. The molecule has 68 valence electrons. The first-order valence-electron chi connectivity index (χ1n) is 3.33. The highest BCUT2D eigenvalue weighted by atomic mass is 79.9. The van der Waals surface area contributed by atoms with Crippen molar-refractivity contribution in [1.29, 1.82) is 0 Å². The number of hydrogen-bond donors (Lipinski definition) is 1. The summed E-state index contributed by atoms with van der Waals surface area (Å²) in [5.74, 6) is 0. The van der Waals surface area contributed by atoms with Crippen LogP contribution in [0.4, 0.5) is 11.4 Å². The summed E-state index contributed by atoms with van der Waals surface area (Å²) in [6.07, 6.45) is 0. The van der Waals surface area contributed by atoms with Crippen LogP contribution in [0.3, 0.4) is 0 Å². The molecule has 0 unspecified atom stereocenters. The summed E-state index contributed by atoms with van der Waals surface area (Å²) in [6, 6.07) is 5.77. The number of halogens is 2. The van der Waals surface area contributed by atoms with Crippen molar-refractivity contribution in [1.82, 2.24) is 0 Å². The van der Waals surface area contributed by atoms with Crippen molar-refractivity contribution >= 4 is 39.7 Å². The summed E-state index contributed by atoms with van der Waals surface area (Å²) >= 11 is 3.43. The molecule has 0 aliphatic rings. The molecule has 0 spiro atoms. The average molecular weight is 252 g/mol. The minimum absolute atomic E-state index is 0. The zero-order valence-corrected chi connectivity index (χ0v) is 9.45. The molecular weight excluding hydrogens is 239 g/mol. The molecule has 0 amide bonds. The second-order valence-corrected chi connectivity index (χ2v) is 3.46. The summed E-state index contributed by atoms with van der Waals surface area (Å²) in [7, 11) is 3.99. The minimum Gasteiger partial charge on any atom is -0.399 e. The van der Waals surface area contributed by atoms with Crippen LogP contribution in [0.2, 0.25) is 0 Å². The lowest BCUT2D eigenvalue weighted by Crippen LogP contribution is -2.09. The maximum absolute atomic E-state index is 5.58. The van der Waals surface area contributed by atoms with E-state index in [4.69, 9.17) is 5.73 Å². The standard InChI is InChI=1S/C8H11BrN2.ClH/c1-11(2)8-4-3-6(10)5-7(8)9;/h3-5H,10H2,1-2H3;1H. The fourth-order valence-electron chi connectivity index (χ4n) is 0.886. The first-order valence-corrected chi connectivity index (χ1v) is 4.13. The van der Waals surface area contributed by atoms with Crippen LogP contribution in [0.25, 0.3) is 0 Å². The molecule has 0 heterocycles. The Morgan fingerprint density at radius 3 is 2.33 bits per heavy atom. The van der Waals surface area contributed by atoms with Crippen LogP contribution in [-0.4, -0.2) is 14.1 Å². The van der Waals surface area contributed by atoms with E-state index in [0.29, 0.717) is 0 Å². The topological polar surface area (TPSA) is 29.3 Å². The zero-order valence-electron chi connectivity index (χ0n) is 7.04. The van der Waals surface area contributed by atoms with Gasteiger partial charge >= 0.3 is 0 Å². The molecule has 2 N–H and O–H groups in total. The van der Waals surface area contributed by atoms with E-state index in [1.807, 2.05) is 37.2 Å². The van der Waals surface area contributed by atoms with Gasteiger partial charge in [0.15, 0.2) is 0 Å². The van der Waals surface area contributed by atoms with Gasteiger partial charge in [0.1, 0.15) is 0 Å². The normalized spacial score (nSPS) is 8.92. The largest absolute Gasteiger partial charge is 0.399 e. The lowest BCUT2D eigenvalue weighted by atomic mass is 10.3. The van der Waals surface area contributed by atoms with Gasteiger partial charge in [-0.2, -0.15) is 0 Å². The maximum Gasteiger partial charge on any atom is 0.0506 e. The van der Waals surface area contributed by atoms with Crippen molar-refractivity contribution in [3.63, 3.8) is 0 Å². The second kappa shape index (κ2) is 4.58. The summed E-state index contributed by atoms with van der Waals surface area (Å²) in [5, 5.41) is 0. The molecule has 0 radical (unpaired) electrons. The van der Waals surface area contributed by atoms with E-state index < -0.39 is 0 Å². The lowest BCUT2D eigenvalue weighted by Gasteiger charge is -2.14. The molecule has 0 aliphatic carbocycles. The van der Waals surface area contributed by atoms with Crippen LogP contribution >= 0.6 is 28.3 Å². The van der Waals surface area contributed by atoms with Crippen LogP contribution in [-0.2, 0) is 0 Å². The molecule has 0 atom stereocenters. The molecule has 4 heteroatoms. The Bertz CT molecular complexity index is 263. The Morgan fingerprint density at radius 2 is 1.92 bits per heavy atom. The number of nitrogens with two attached hydrogens (primary N) is 1. The molecular formula is C8H12BrClN2. The molecule has 0 bridgehead atoms. The quantitative estimate of drug-likeness (QED) is 0.777. The summed E-state index contributed by atoms with van der Waals surface area (Å²) in [6.45, 7) is 0. The highest BCUT2D eigenvalue weighted by molar-refractivity contribution is 9.10. The van der Waals surface area contributed by atoms with Crippen LogP contribution in [0, 0.1) is 0 Å². The number of nitrogens with zero attached hydrogens (tertiary/aromatic N) is 1. The maximum atomic E-state index is 5.58. The molecule has 0 saturated heterocycles. The average Bonchev–Trinajstić information content (AvgIpc) is 1.85. The number of nitrogen functional groups attached to an aromatic ring is 1. The third kappa shape index (κ3) is 2.57. The summed E-state index contributed by atoms with van der Waals surface area (Å²) in [5.41, 5.74) is 7.50. The highest BCUT2D eigenvalue weighted by Gasteiger charge is 2.00. The van der Waals surface area contributed by atoms with Crippen LogP contribution in [0.15, 0.2) is 22.7 Å². The summed E-state index contributed by atoms with van der Waals surface area (Å²) < 4.78 is 1.03. The van der Waals surface area contributed by atoms with Gasteiger partial charge in [-0.3, -0.25) is 0 Å². The molecule has 12 heavy (non-hydrogen) atoms. The fourth-order valence-corrected chi connectivity index (χ4v) is 1.64. The van der Waals surface area contributed by atoms with Gasteiger partial charge in [-0.05, 0) is 34.1 Å². The van der Waals surface area contributed by atoms with Crippen LogP contribution in [0.5, 0.6) is 0 Å². The van der Waals surface area contributed by atoms with E-state index in [1.165, 1.54) is 0 Å². The van der Waals surface area contributed by atoms with Gasteiger partial charge in [-0.25, -0.2) is 0 Å². The number of hydrogen-bond acceptors (Lipinski definition) is 2. The van der Waals surface area contributed by atoms with Gasteiger partial charge in [0.25, 0.3) is 0 Å². The number of rotatable bonds is 1. The molecule has 2 nitrogen and oxygen atoms in total. The number of benzene rings is 1. The Hall–Kier alpha value is -0.410. The summed E-state index contributed by atoms with van der Waals surface area (Å²) in [4.78, 5) is 2.03. The molecule has 1 aromatic rings. The molecule has 1 aromatic carbocycles. The fraction of sp³-hybridized carbons (Fsp3) is 0.250. The van der Waals surface area contributed by atoms with Gasteiger partial charge in [0.2, 0.25) is 0 Å². The van der Waals surface area contributed by atoms with Crippen molar-refractivity contribution in [2.24, 2.45) is 0 Å². The minimum atomic E-state index is 0. The van der Waals surface area contributed by atoms with Gasteiger partial charge in [0, 0.05) is 24.3 Å². The van der Waals surface area contributed by atoms with Crippen LogP contribution < -0.4 is 10.6 Å². The molecule has 0 aromatic heterocycles. The van der Waals surface area contributed by atoms with E-state index in [9.17, 15) is 0 Å². The van der Waals surface area contributed by atoms with Gasteiger partial charge in [-0.15, -0.1) is 12.4 Å². The highest BCUT2D eigenvalue weighted by Crippen LogP contribution is 2.26. The monoisotopic (exact) mass is 250 g/mol. The van der Waals surface area contributed by atoms with Gasteiger partial charge < -0.3 is 10.6 Å². The van der Waals surface area contributed by atoms with Crippen molar-refractivity contribution in [3.8, 4) is 0 Å². The molecule has 0 fully saturated rings. The Balaban J connectivity index is 0.00000121. The second-order valence-electron chi connectivity index (χ2n) is 2.61. The van der Waals surface area contributed by atoms with E-state index in [1.54, 1.807) is 0 Å². The van der Waals surface area contributed by atoms with E-state index in [0.717, 1.165) is 15.8 Å². The first-order chi connectivity index (χ1) is 5.11. The lowest BCUT2D eigenvalue weighted by molar-refractivity contribution is 1.13. The van der Waals surface area contributed by atoms with Gasteiger partial charge in [-0.1, -0.05) is 0 Å². The first kappa shape index (κ1) is 11.6. The third-order valence-corrected chi connectivity index (χ3v) is 2.09. The van der Waals surface area contributed by atoms with Crippen molar-refractivity contribution in [3.05, 3.63) is 22.7 Å². The predicted molar refractivity (Wildman–Crippen MR) is 60.1 cm³/mol. The van der Waals surface area contributed by atoms with E-state index >= 15 is 0 Å². The molecule has 0 aliphatic heterocycles. The smallest absolute Gasteiger partial charge is 0.0506 e. The van der Waals surface area contributed by atoms with E-state index in [-0.39, 0.29) is 12.4 Å². The number of anilines is 2. The Kier molecular flexibility index (Phi) is 4.42. The molecule has 1 rings (SSSR count). The van der Waals surface area contributed by atoms with Crippen LogP contribution in [0.1, 0.15) is 0 Å². The van der Waals surface area contributed by atoms with E-state index in [2.05, 4.69) is 15.9 Å². The third-order valence-electron chi connectivity index (χ3n) is 1.45. The molecule has 0 saturated carbocycles. The van der Waals surface area contributed by atoms with Crippen molar-refractivity contribution in [2.75, 3.05) is 24.7 Å². The Labute approximate surface area is 87.3 Å².